The third-order valence-corrected chi connectivity index (χ3v) is 7.23. The minimum atomic E-state index is 0.277. The lowest BCUT2D eigenvalue weighted by atomic mass is 9.87. The van der Waals surface area contributed by atoms with Crippen molar-refractivity contribution in [3.8, 4) is 0 Å². The smallest absolute Gasteiger partial charge is 0.236 e. The van der Waals surface area contributed by atoms with Crippen LogP contribution in [0.15, 0.2) is 29.6 Å². The Morgan fingerprint density at radius 3 is 2.64 bits per heavy atom. The quantitative estimate of drug-likeness (QED) is 0.788. The summed E-state index contributed by atoms with van der Waals surface area (Å²) >= 11 is 1.41. The first kappa shape index (κ1) is 19.5. The molecule has 3 heterocycles. The highest BCUT2D eigenvalue weighted by molar-refractivity contribution is 7.03. The van der Waals surface area contributed by atoms with Crippen molar-refractivity contribution in [3.05, 3.63) is 46.5 Å². The molecule has 2 fully saturated rings. The van der Waals surface area contributed by atoms with E-state index in [1.165, 1.54) is 29.1 Å². The van der Waals surface area contributed by atoms with Gasteiger partial charge in [0.05, 0.1) is 12.2 Å². The molecule has 1 amide bonds. The van der Waals surface area contributed by atoms with Gasteiger partial charge >= 0.3 is 0 Å². The predicted octanol–water partition coefficient (Wildman–Crippen LogP) is 3.68. The van der Waals surface area contributed by atoms with Crippen LogP contribution < -0.4 is 0 Å². The summed E-state index contributed by atoms with van der Waals surface area (Å²) in [6.07, 6.45) is 2.35. The van der Waals surface area contributed by atoms with Crippen LogP contribution in [0.4, 0.5) is 0 Å². The molecule has 0 bridgehead atoms. The molecule has 0 radical (unpaired) electrons. The van der Waals surface area contributed by atoms with E-state index in [0.29, 0.717) is 30.3 Å². The maximum atomic E-state index is 13.0. The maximum Gasteiger partial charge on any atom is 0.236 e. The lowest BCUT2D eigenvalue weighted by molar-refractivity contribution is -0.136. The van der Waals surface area contributed by atoms with Crippen molar-refractivity contribution in [1.82, 2.24) is 19.4 Å². The molecule has 0 aliphatic carbocycles. The SMILES string of the molecule is Cc1ccc([C@@H]2CN(CC(=O)N3CCC[C@@H](C)[C@@H]3C)C[C@H]2c2csnn2)cc1. The van der Waals surface area contributed by atoms with E-state index in [4.69, 9.17) is 0 Å². The zero-order chi connectivity index (χ0) is 19.7. The fourth-order valence-corrected chi connectivity index (χ4v) is 5.29. The summed E-state index contributed by atoms with van der Waals surface area (Å²) in [5, 5.41) is 6.42. The van der Waals surface area contributed by atoms with Gasteiger partial charge in [0, 0.05) is 42.9 Å². The van der Waals surface area contributed by atoms with Crippen LogP contribution in [0.25, 0.3) is 0 Å². The fraction of sp³-hybridized carbons (Fsp3) is 0.591. The normalized spacial score (nSPS) is 28.6. The Balaban J connectivity index is 1.50. The molecule has 2 aliphatic rings. The van der Waals surface area contributed by atoms with Gasteiger partial charge in [-0.1, -0.05) is 41.2 Å². The standard InChI is InChI=1S/C22H30N4OS/c1-15-6-8-18(9-7-15)19-11-25(12-20(19)21-14-28-24-23-21)13-22(27)26-10-4-5-16(2)17(26)3/h6-9,14,16-17,19-20H,4-5,10-13H2,1-3H3/t16-,17+,19+,20-/m1/s1. The Bertz CT molecular complexity index is 791. The number of carbonyl (C=O) groups excluding carboxylic acids is 1. The molecule has 28 heavy (non-hydrogen) atoms. The van der Waals surface area contributed by atoms with Crippen molar-refractivity contribution in [2.45, 2.75) is 51.5 Å². The zero-order valence-corrected chi connectivity index (χ0v) is 17.9. The number of aryl methyl sites for hydroxylation is 1. The van der Waals surface area contributed by atoms with E-state index in [1.807, 2.05) is 0 Å². The molecule has 1 aromatic heterocycles. The van der Waals surface area contributed by atoms with Gasteiger partial charge in [-0.25, -0.2) is 0 Å². The molecule has 4 rings (SSSR count). The maximum absolute atomic E-state index is 13.0. The molecule has 0 spiro atoms. The van der Waals surface area contributed by atoms with Gasteiger partial charge in [0.2, 0.25) is 5.91 Å². The van der Waals surface area contributed by atoms with E-state index in [0.717, 1.165) is 31.7 Å². The Morgan fingerprint density at radius 1 is 1.18 bits per heavy atom. The zero-order valence-electron chi connectivity index (χ0n) is 17.0. The van der Waals surface area contributed by atoms with Crippen LogP contribution in [-0.2, 0) is 4.79 Å². The van der Waals surface area contributed by atoms with Crippen molar-refractivity contribution in [2.75, 3.05) is 26.2 Å². The van der Waals surface area contributed by atoms with E-state index in [2.05, 4.69) is 69.8 Å². The first-order valence-corrected chi connectivity index (χ1v) is 11.2. The van der Waals surface area contributed by atoms with Crippen LogP contribution in [0.3, 0.4) is 0 Å². The van der Waals surface area contributed by atoms with Gasteiger partial charge in [0.15, 0.2) is 0 Å². The Kier molecular flexibility index (Phi) is 5.78. The minimum Gasteiger partial charge on any atom is -0.339 e. The largest absolute Gasteiger partial charge is 0.339 e. The molecule has 5 nitrogen and oxygen atoms in total. The highest BCUT2D eigenvalue weighted by Gasteiger charge is 2.38. The molecular formula is C22H30N4OS. The van der Waals surface area contributed by atoms with Crippen LogP contribution in [-0.4, -0.2) is 57.5 Å². The second-order valence-electron chi connectivity index (χ2n) is 8.59. The van der Waals surface area contributed by atoms with Crippen LogP contribution >= 0.6 is 11.5 Å². The number of likely N-dealkylation sites (tertiary alicyclic amines) is 2. The van der Waals surface area contributed by atoms with Gasteiger partial charge < -0.3 is 4.90 Å². The molecule has 0 saturated carbocycles. The highest BCUT2D eigenvalue weighted by Crippen LogP contribution is 2.39. The number of piperidine rings is 1. The molecule has 1 aromatic carbocycles. The second-order valence-corrected chi connectivity index (χ2v) is 9.20. The van der Waals surface area contributed by atoms with Crippen LogP contribution in [0.1, 0.15) is 55.3 Å². The van der Waals surface area contributed by atoms with Crippen molar-refractivity contribution in [1.29, 1.82) is 0 Å². The molecule has 150 valence electrons. The minimum absolute atomic E-state index is 0.277. The molecular weight excluding hydrogens is 368 g/mol. The Morgan fingerprint density at radius 2 is 1.93 bits per heavy atom. The monoisotopic (exact) mass is 398 g/mol. The van der Waals surface area contributed by atoms with E-state index in [9.17, 15) is 4.79 Å². The molecule has 0 unspecified atom stereocenters. The molecule has 0 N–H and O–H groups in total. The summed E-state index contributed by atoms with van der Waals surface area (Å²) in [6.45, 7) is 9.75. The second kappa shape index (κ2) is 8.29. The molecule has 2 aromatic rings. The predicted molar refractivity (Wildman–Crippen MR) is 113 cm³/mol. The Labute approximate surface area is 171 Å². The first-order chi connectivity index (χ1) is 13.5. The number of carbonyl (C=O) groups is 1. The van der Waals surface area contributed by atoms with Crippen LogP contribution in [0.5, 0.6) is 0 Å². The number of hydrogen-bond acceptors (Lipinski definition) is 5. The summed E-state index contributed by atoms with van der Waals surface area (Å²) in [7, 11) is 0. The van der Waals surface area contributed by atoms with Gasteiger partial charge in [-0.3, -0.25) is 9.69 Å². The number of hydrogen-bond donors (Lipinski definition) is 0. The van der Waals surface area contributed by atoms with Gasteiger partial charge in [0.25, 0.3) is 0 Å². The third kappa shape index (κ3) is 3.98. The van der Waals surface area contributed by atoms with Crippen molar-refractivity contribution < 1.29 is 4.79 Å². The topological polar surface area (TPSA) is 49.3 Å². The molecule has 6 heteroatoms. The highest BCUT2D eigenvalue weighted by atomic mass is 32.1. The first-order valence-electron chi connectivity index (χ1n) is 10.4. The van der Waals surface area contributed by atoms with Crippen molar-refractivity contribution in [3.63, 3.8) is 0 Å². The van der Waals surface area contributed by atoms with Gasteiger partial charge in [-0.15, -0.1) is 5.10 Å². The van der Waals surface area contributed by atoms with Gasteiger partial charge in [0.1, 0.15) is 0 Å². The summed E-state index contributed by atoms with van der Waals surface area (Å²) in [5.74, 6) is 1.52. The average Bonchev–Trinajstić information content (AvgIpc) is 3.34. The lowest BCUT2D eigenvalue weighted by Gasteiger charge is -2.38. The molecule has 2 aliphatic heterocycles. The van der Waals surface area contributed by atoms with Crippen molar-refractivity contribution >= 4 is 17.4 Å². The number of aromatic nitrogens is 2. The van der Waals surface area contributed by atoms with E-state index < -0.39 is 0 Å². The van der Waals surface area contributed by atoms with Gasteiger partial charge in [-0.05, 0) is 49.7 Å². The van der Waals surface area contributed by atoms with E-state index in [-0.39, 0.29) is 5.91 Å². The summed E-state index contributed by atoms with van der Waals surface area (Å²) < 4.78 is 4.08. The summed E-state index contributed by atoms with van der Waals surface area (Å²) in [5.41, 5.74) is 3.66. The fourth-order valence-electron chi connectivity index (χ4n) is 4.77. The summed E-state index contributed by atoms with van der Waals surface area (Å²) in [6, 6.07) is 9.15. The average molecular weight is 399 g/mol. The van der Waals surface area contributed by atoms with Gasteiger partial charge in [-0.2, -0.15) is 0 Å². The number of amides is 1. The number of benzene rings is 1. The number of nitrogens with zero attached hydrogens (tertiary/aromatic N) is 4. The van der Waals surface area contributed by atoms with Crippen LogP contribution in [0, 0.1) is 12.8 Å². The van der Waals surface area contributed by atoms with E-state index >= 15 is 0 Å². The van der Waals surface area contributed by atoms with Crippen LogP contribution in [0.2, 0.25) is 0 Å². The van der Waals surface area contributed by atoms with E-state index in [1.54, 1.807) is 0 Å². The lowest BCUT2D eigenvalue weighted by Crippen LogP contribution is -2.49. The molecule has 4 atom stereocenters. The Hall–Kier alpha value is -1.79. The number of rotatable bonds is 4. The molecule has 2 saturated heterocycles. The third-order valence-electron chi connectivity index (χ3n) is 6.71. The summed E-state index contributed by atoms with van der Waals surface area (Å²) in [4.78, 5) is 17.5. The van der Waals surface area contributed by atoms with Crippen molar-refractivity contribution in [2.24, 2.45) is 5.92 Å².